The fraction of sp³-hybridized carbons (Fsp3) is 0.481. The molecule has 1 aliphatic carbocycles. The molecule has 0 bridgehead atoms. The number of ether oxygens (including phenoxy) is 3. The number of benzene rings is 2. The standard InChI is InChI=1S/C27H33NO4/c1-29-24-11-10-19(15-26(24)31-22-7-3-4-8-22)21-12-18(16-28-17-21)13-23-14-20-6-5-9-25(30-2)27(20)32-23/h5-6,9-11,14-15,18,21-22,28H,3-4,7-8,12-13,16-17H2,1-2H3/t18-,21-/m1/s1. The van der Waals surface area contributed by atoms with Crippen molar-refractivity contribution in [1.29, 1.82) is 0 Å². The van der Waals surface area contributed by atoms with Crippen LogP contribution in [0.3, 0.4) is 0 Å². The van der Waals surface area contributed by atoms with Gasteiger partial charge >= 0.3 is 0 Å². The van der Waals surface area contributed by atoms with Crippen molar-refractivity contribution in [2.75, 3.05) is 27.3 Å². The van der Waals surface area contributed by atoms with Crippen LogP contribution in [0.15, 0.2) is 46.9 Å². The maximum absolute atomic E-state index is 6.33. The summed E-state index contributed by atoms with van der Waals surface area (Å²) in [7, 11) is 3.41. The van der Waals surface area contributed by atoms with E-state index in [-0.39, 0.29) is 0 Å². The molecule has 1 aliphatic heterocycles. The molecule has 5 nitrogen and oxygen atoms in total. The molecule has 170 valence electrons. The number of fused-ring (bicyclic) bond motifs is 1. The van der Waals surface area contributed by atoms with Gasteiger partial charge in [-0.15, -0.1) is 0 Å². The van der Waals surface area contributed by atoms with Crippen LogP contribution in [0.4, 0.5) is 0 Å². The van der Waals surface area contributed by atoms with E-state index in [0.717, 1.165) is 72.8 Å². The predicted molar refractivity (Wildman–Crippen MR) is 126 cm³/mol. The average molecular weight is 436 g/mol. The van der Waals surface area contributed by atoms with Crippen molar-refractivity contribution < 1.29 is 18.6 Å². The Labute approximate surface area is 190 Å². The van der Waals surface area contributed by atoms with Crippen molar-refractivity contribution in [1.82, 2.24) is 5.32 Å². The second-order valence-electron chi connectivity index (χ2n) is 9.19. The Morgan fingerprint density at radius 2 is 1.78 bits per heavy atom. The van der Waals surface area contributed by atoms with E-state index in [1.165, 1.54) is 18.4 Å². The Morgan fingerprint density at radius 1 is 0.938 bits per heavy atom. The molecular weight excluding hydrogens is 402 g/mol. The maximum Gasteiger partial charge on any atom is 0.176 e. The van der Waals surface area contributed by atoms with Gasteiger partial charge in [-0.25, -0.2) is 0 Å². The monoisotopic (exact) mass is 435 g/mol. The fourth-order valence-corrected chi connectivity index (χ4v) is 5.30. The molecule has 0 amide bonds. The number of hydrogen-bond acceptors (Lipinski definition) is 5. The minimum Gasteiger partial charge on any atom is -0.493 e. The van der Waals surface area contributed by atoms with E-state index in [9.17, 15) is 0 Å². The Kier molecular flexibility index (Phi) is 6.26. The third kappa shape index (κ3) is 4.44. The Morgan fingerprint density at radius 3 is 2.59 bits per heavy atom. The highest BCUT2D eigenvalue weighted by molar-refractivity contribution is 5.83. The molecule has 0 unspecified atom stereocenters. The molecule has 3 aromatic rings. The van der Waals surface area contributed by atoms with E-state index in [1.54, 1.807) is 14.2 Å². The van der Waals surface area contributed by atoms with Crippen molar-refractivity contribution in [3.63, 3.8) is 0 Å². The molecule has 2 atom stereocenters. The second kappa shape index (κ2) is 9.45. The summed E-state index contributed by atoms with van der Waals surface area (Å²) in [6, 6.07) is 14.7. The molecule has 2 heterocycles. The maximum atomic E-state index is 6.33. The fourth-order valence-electron chi connectivity index (χ4n) is 5.30. The van der Waals surface area contributed by atoms with Gasteiger partial charge in [-0.2, -0.15) is 0 Å². The molecule has 5 heteroatoms. The van der Waals surface area contributed by atoms with Crippen LogP contribution in [0.25, 0.3) is 11.0 Å². The van der Waals surface area contributed by atoms with Gasteiger partial charge in [0, 0.05) is 18.4 Å². The lowest BCUT2D eigenvalue weighted by Crippen LogP contribution is -2.36. The summed E-state index contributed by atoms with van der Waals surface area (Å²) in [5.74, 6) is 4.50. The van der Waals surface area contributed by atoms with Gasteiger partial charge in [-0.3, -0.25) is 0 Å². The molecular formula is C27H33NO4. The van der Waals surface area contributed by atoms with Crippen molar-refractivity contribution >= 4 is 11.0 Å². The molecule has 1 saturated heterocycles. The number of rotatable bonds is 7. The van der Waals surface area contributed by atoms with E-state index in [0.29, 0.717) is 17.9 Å². The normalized spacial score (nSPS) is 21.7. The summed E-state index contributed by atoms with van der Waals surface area (Å²) in [5.41, 5.74) is 2.16. The minimum atomic E-state index is 0.321. The quantitative estimate of drug-likeness (QED) is 0.515. The molecule has 1 aromatic heterocycles. The van der Waals surface area contributed by atoms with Gasteiger partial charge in [0.15, 0.2) is 22.8 Å². The average Bonchev–Trinajstić information content (AvgIpc) is 3.48. The first-order chi connectivity index (χ1) is 15.7. The van der Waals surface area contributed by atoms with Crippen molar-refractivity contribution in [3.05, 3.63) is 53.8 Å². The van der Waals surface area contributed by atoms with Crippen LogP contribution in [-0.4, -0.2) is 33.4 Å². The van der Waals surface area contributed by atoms with E-state index < -0.39 is 0 Å². The van der Waals surface area contributed by atoms with Gasteiger partial charge in [-0.05, 0) is 80.3 Å². The number of nitrogens with one attached hydrogen (secondary N) is 1. The van der Waals surface area contributed by atoms with Gasteiger partial charge in [0.05, 0.1) is 20.3 Å². The zero-order valence-electron chi connectivity index (χ0n) is 19.1. The SMILES string of the molecule is COc1ccc([C@H]2CNC[C@@H](Cc3cc4cccc(OC)c4o3)C2)cc1OC1CCCC1. The Balaban J connectivity index is 1.30. The molecule has 2 aromatic carbocycles. The van der Waals surface area contributed by atoms with Gasteiger partial charge in [0.2, 0.25) is 0 Å². The predicted octanol–water partition coefficient (Wildman–Crippen LogP) is 5.71. The molecule has 1 saturated carbocycles. The molecule has 0 radical (unpaired) electrons. The van der Waals surface area contributed by atoms with Gasteiger partial charge < -0.3 is 23.9 Å². The largest absolute Gasteiger partial charge is 0.493 e. The highest BCUT2D eigenvalue weighted by Gasteiger charge is 2.26. The summed E-state index contributed by atoms with van der Waals surface area (Å²) in [6.07, 6.45) is 7.16. The zero-order chi connectivity index (χ0) is 21.9. The van der Waals surface area contributed by atoms with E-state index in [2.05, 4.69) is 35.6 Å². The number of para-hydroxylation sites is 1. The smallest absolute Gasteiger partial charge is 0.176 e. The first-order valence-corrected chi connectivity index (χ1v) is 11.8. The molecule has 5 rings (SSSR count). The van der Waals surface area contributed by atoms with Gasteiger partial charge in [0.25, 0.3) is 0 Å². The molecule has 32 heavy (non-hydrogen) atoms. The first kappa shape index (κ1) is 21.2. The third-order valence-electron chi connectivity index (χ3n) is 6.97. The highest BCUT2D eigenvalue weighted by atomic mass is 16.5. The number of methoxy groups -OCH3 is 2. The summed E-state index contributed by atoms with van der Waals surface area (Å²) < 4.78 is 23.5. The lowest BCUT2D eigenvalue weighted by molar-refractivity contribution is 0.200. The van der Waals surface area contributed by atoms with Crippen LogP contribution in [-0.2, 0) is 6.42 Å². The van der Waals surface area contributed by atoms with Crippen LogP contribution in [0.2, 0.25) is 0 Å². The van der Waals surface area contributed by atoms with Crippen molar-refractivity contribution in [2.45, 2.75) is 50.5 Å². The lowest BCUT2D eigenvalue weighted by atomic mass is 9.83. The third-order valence-corrected chi connectivity index (χ3v) is 6.97. The minimum absolute atomic E-state index is 0.321. The van der Waals surface area contributed by atoms with E-state index in [1.807, 2.05) is 12.1 Å². The van der Waals surface area contributed by atoms with Crippen molar-refractivity contribution in [2.24, 2.45) is 5.92 Å². The van der Waals surface area contributed by atoms with Crippen LogP contribution < -0.4 is 19.5 Å². The van der Waals surface area contributed by atoms with Gasteiger partial charge in [-0.1, -0.05) is 18.2 Å². The summed E-state index contributed by atoms with van der Waals surface area (Å²) in [6.45, 7) is 1.99. The number of furan rings is 1. The zero-order valence-corrected chi connectivity index (χ0v) is 19.1. The number of piperidine rings is 1. The van der Waals surface area contributed by atoms with E-state index in [4.69, 9.17) is 18.6 Å². The van der Waals surface area contributed by atoms with Crippen molar-refractivity contribution in [3.8, 4) is 17.2 Å². The summed E-state index contributed by atoms with van der Waals surface area (Å²) >= 11 is 0. The Hall–Kier alpha value is -2.66. The molecule has 0 spiro atoms. The van der Waals surface area contributed by atoms with Gasteiger partial charge in [0.1, 0.15) is 5.76 Å². The highest BCUT2D eigenvalue weighted by Crippen LogP contribution is 2.37. The summed E-state index contributed by atoms with van der Waals surface area (Å²) in [4.78, 5) is 0. The number of hydrogen-bond donors (Lipinski definition) is 1. The van der Waals surface area contributed by atoms with Crippen LogP contribution in [0.1, 0.15) is 49.3 Å². The molecule has 2 fully saturated rings. The molecule has 2 aliphatic rings. The van der Waals surface area contributed by atoms with Crippen LogP contribution in [0.5, 0.6) is 17.2 Å². The topological polar surface area (TPSA) is 52.9 Å². The first-order valence-electron chi connectivity index (χ1n) is 11.8. The summed E-state index contributed by atoms with van der Waals surface area (Å²) in [5, 5.41) is 4.74. The molecule has 1 N–H and O–H groups in total. The van der Waals surface area contributed by atoms with Crippen LogP contribution >= 0.6 is 0 Å². The lowest BCUT2D eigenvalue weighted by Gasteiger charge is -2.30. The van der Waals surface area contributed by atoms with E-state index >= 15 is 0 Å². The Bertz CT molecular complexity index is 1050. The van der Waals surface area contributed by atoms with Crippen LogP contribution in [0, 0.1) is 5.92 Å². The second-order valence-corrected chi connectivity index (χ2v) is 9.19.